The molecule has 128 valence electrons. The van der Waals surface area contributed by atoms with Crippen LogP contribution < -0.4 is 16.9 Å². The average Bonchev–Trinajstić information content (AvgIpc) is 2.52. The monoisotopic (exact) mass is 359 g/mol. The van der Waals surface area contributed by atoms with E-state index in [4.69, 9.17) is 11.5 Å². The van der Waals surface area contributed by atoms with Crippen LogP contribution in [0.25, 0.3) is 5.69 Å². The Morgan fingerprint density at radius 3 is 2.32 bits per heavy atom. The highest BCUT2D eigenvalue weighted by atomic mass is 32.2. The zero-order chi connectivity index (χ0) is 18.8. The minimum Gasteiger partial charge on any atom is -0.370 e. The van der Waals surface area contributed by atoms with Gasteiger partial charge in [-0.05, 0) is 12.1 Å². The summed E-state index contributed by atoms with van der Waals surface area (Å²) in [6, 6.07) is 6.53. The van der Waals surface area contributed by atoms with Crippen LogP contribution in [0, 0.1) is 11.3 Å². The van der Waals surface area contributed by atoms with Crippen molar-refractivity contribution in [1.82, 2.24) is 4.57 Å². The van der Waals surface area contributed by atoms with Gasteiger partial charge in [-0.2, -0.15) is 10.3 Å². The minimum atomic E-state index is -3.77. The van der Waals surface area contributed by atoms with E-state index in [1.54, 1.807) is 0 Å². The molecule has 1 aromatic heterocycles. The second-order valence-corrected chi connectivity index (χ2v) is 7.02. The third-order valence-electron chi connectivity index (χ3n) is 3.16. The number of sulfone groups is 1. The van der Waals surface area contributed by atoms with E-state index in [9.17, 15) is 23.3 Å². The van der Waals surface area contributed by atoms with Gasteiger partial charge in [-0.3, -0.25) is 9.59 Å². The summed E-state index contributed by atoms with van der Waals surface area (Å²) in [7, 11) is -3.77. The molecule has 0 aliphatic heterocycles. The number of amides is 1. The van der Waals surface area contributed by atoms with Crippen molar-refractivity contribution in [2.75, 3.05) is 6.26 Å². The lowest BCUT2D eigenvalue weighted by atomic mass is 10.1. The van der Waals surface area contributed by atoms with Crippen molar-refractivity contribution >= 4 is 21.7 Å². The molecule has 25 heavy (non-hydrogen) atoms. The Morgan fingerprint density at radius 2 is 1.84 bits per heavy atom. The van der Waals surface area contributed by atoms with E-state index >= 15 is 0 Å². The van der Waals surface area contributed by atoms with Crippen LogP contribution in [0.4, 0.5) is 0 Å². The smallest absolute Gasteiger partial charge is 0.281 e. The first-order valence-electron chi connectivity index (χ1n) is 6.74. The maximum atomic E-state index is 12.1. The van der Waals surface area contributed by atoms with Gasteiger partial charge < -0.3 is 16.0 Å². The molecule has 1 aromatic carbocycles. The quantitative estimate of drug-likeness (QED) is 0.552. The number of nitrogens with two attached hydrogens (primary N) is 2. The molecule has 0 saturated heterocycles. The Balaban J connectivity index is 2.84. The Kier molecular flexibility index (Phi) is 4.71. The summed E-state index contributed by atoms with van der Waals surface area (Å²) in [5.41, 5.74) is 9.79. The van der Waals surface area contributed by atoms with Gasteiger partial charge in [-0.15, -0.1) is 0 Å². The van der Waals surface area contributed by atoms with Crippen LogP contribution in [0.2, 0.25) is 0 Å². The van der Waals surface area contributed by atoms with Crippen molar-refractivity contribution in [2.24, 2.45) is 16.5 Å². The second-order valence-electron chi connectivity index (χ2n) is 5.03. The van der Waals surface area contributed by atoms with Gasteiger partial charge in [0.25, 0.3) is 5.91 Å². The van der Waals surface area contributed by atoms with Crippen molar-refractivity contribution in [2.45, 2.75) is 4.90 Å². The molecule has 1 amide bonds. The summed E-state index contributed by atoms with van der Waals surface area (Å²) in [6.45, 7) is 0. The zero-order valence-corrected chi connectivity index (χ0v) is 13.8. The summed E-state index contributed by atoms with van der Waals surface area (Å²) in [4.78, 5) is 26.4. The zero-order valence-electron chi connectivity index (χ0n) is 13.0. The van der Waals surface area contributed by atoms with E-state index in [1.807, 2.05) is 6.07 Å². The third-order valence-corrected chi connectivity index (χ3v) is 4.28. The Labute approximate surface area is 142 Å². The van der Waals surface area contributed by atoms with Crippen LogP contribution in [0.5, 0.6) is 0 Å². The SMILES string of the molecule is CS(=O)(=O)c1cc(C(=O)N=C(N)N)c(C#N)cc1-n1ccc(=O)cc1. The molecule has 4 N–H and O–H groups in total. The molecule has 0 atom stereocenters. The largest absolute Gasteiger partial charge is 0.370 e. The first-order chi connectivity index (χ1) is 11.6. The Bertz CT molecular complexity index is 1070. The number of pyridine rings is 1. The number of benzene rings is 1. The van der Waals surface area contributed by atoms with Gasteiger partial charge in [0.05, 0.1) is 21.7 Å². The second kappa shape index (κ2) is 6.58. The Hall–Kier alpha value is -3.45. The van der Waals surface area contributed by atoms with E-state index in [2.05, 4.69) is 4.99 Å². The third kappa shape index (κ3) is 3.91. The summed E-state index contributed by atoms with van der Waals surface area (Å²) in [6.07, 6.45) is 3.66. The maximum Gasteiger partial charge on any atom is 0.281 e. The van der Waals surface area contributed by atoms with Crippen LogP contribution in [-0.2, 0) is 9.84 Å². The van der Waals surface area contributed by atoms with E-state index < -0.39 is 21.7 Å². The highest BCUT2D eigenvalue weighted by Crippen LogP contribution is 2.25. The predicted molar refractivity (Wildman–Crippen MR) is 90.0 cm³/mol. The molecule has 10 heteroatoms. The number of guanidine groups is 1. The molecule has 0 aliphatic rings. The molecule has 2 aromatic rings. The van der Waals surface area contributed by atoms with Gasteiger partial charge in [-0.25, -0.2) is 8.42 Å². The lowest BCUT2D eigenvalue weighted by molar-refractivity contribution is 0.100. The maximum absolute atomic E-state index is 12.1. The van der Waals surface area contributed by atoms with E-state index in [0.717, 1.165) is 12.3 Å². The van der Waals surface area contributed by atoms with Crippen molar-refractivity contribution in [1.29, 1.82) is 5.26 Å². The van der Waals surface area contributed by atoms with Crippen LogP contribution in [0.3, 0.4) is 0 Å². The lowest BCUT2D eigenvalue weighted by Gasteiger charge is -2.13. The molecular formula is C15H13N5O4S. The number of hydrogen-bond donors (Lipinski definition) is 2. The summed E-state index contributed by atoms with van der Waals surface area (Å²) in [5, 5.41) is 9.29. The first-order valence-corrected chi connectivity index (χ1v) is 8.63. The van der Waals surface area contributed by atoms with Gasteiger partial charge in [-0.1, -0.05) is 0 Å². The van der Waals surface area contributed by atoms with Crippen LogP contribution in [0.15, 0.2) is 51.3 Å². The van der Waals surface area contributed by atoms with Gasteiger partial charge in [0, 0.05) is 30.8 Å². The normalized spacial score (nSPS) is 10.7. The minimum absolute atomic E-state index is 0.111. The van der Waals surface area contributed by atoms with Crippen LogP contribution in [0.1, 0.15) is 15.9 Å². The molecule has 0 unspecified atom stereocenters. The number of aromatic nitrogens is 1. The topological polar surface area (TPSA) is 161 Å². The predicted octanol–water partition coefficient (Wildman–Crippen LogP) is -0.474. The molecule has 0 radical (unpaired) electrons. The first kappa shape index (κ1) is 17.9. The fourth-order valence-electron chi connectivity index (χ4n) is 2.09. The van der Waals surface area contributed by atoms with Crippen molar-refractivity contribution < 1.29 is 13.2 Å². The summed E-state index contributed by atoms with van der Waals surface area (Å²) in [5.74, 6) is -1.45. The summed E-state index contributed by atoms with van der Waals surface area (Å²) < 4.78 is 25.6. The molecule has 0 spiro atoms. The highest BCUT2D eigenvalue weighted by molar-refractivity contribution is 7.90. The number of rotatable bonds is 3. The number of aliphatic imine (C=N–C) groups is 1. The van der Waals surface area contributed by atoms with Gasteiger partial charge in [0.15, 0.2) is 21.2 Å². The fraction of sp³-hybridized carbons (Fsp3) is 0.0667. The summed E-state index contributed by atoms with van der Waals surface area (Å²) >= 11 is 0. The van der Waals surface area contributed by atoms with Crippen molar-refractivity contribution in [3.05, 3.63) is 58.0 Å². The highest BCUT2D eigenvalue weighted by Gasteiger charge is 2.21. The van der Waals surface area contributed by atoms with Gasteiger partial charge >= 0.3 is 0 Å². The number of nitrogens with zero attached hydrogens (tertiary/aromatic N) is 3. The number of carbonyl (C=O) groups excluding carboxylic acids is 1. The van der Waals surface area contributed by atoms with Crippen molar-refractivity contribution in [3.63, 3.8) is 0 Å². The number of carbonyl (C=O) groups is 1. The van der Waals surface area contributed by atoms with Crippen molar-refractivity contribution in [3.8, 4) is 11.8 Å². The number of nitriles is 1. The average molecular weight is 359 g/mol. The van der Waals surface area contributed by atoms with Crippen LogP contribution >= 0.6 is 0 Å². The Morgan fingerprint density at radius 1 is 1.24 bits per heavy atom. The van der Waals surface area contributed by atoms with E-state index in [1.165, 1.54) is 35.2 Å². The molecule has 0 saturated carbocycles. The standard InChI is InChI=1S/C15H13N5O4S/c1-25(23,24)13-7-11(14(22)19-15(17)18)9(8-16)6-12(13)20-4-2-10(21)3-5-20/h2-7H,1H3,(H4,17,18,19,22). The van der Waals surface area contributed by atoms with E-state index in [0.29, 0.717) is 0 Å². The molecule has 0 aliphatic carbocycles. The van der Waals surface area contributed by atoms with Crippen LogP contribution in [-0.4, -0.2) is 31.1 Å². The van der Waals surface area contributed by atoms with Gasteiger partial charge in [0.2, 0.25) is 0 Å². The molecule has 1 heterocycles. The van der Waals surface area contributed by atoms with Gasteiger partial charge in [0.1, 0.15) is 6.07 Å². The molecule has 0 fully saturated rings. The molecule has 2 rings (SSSR count). The number of hydrogen-bond acceptors (Lipinski definition) is 5. The molecular weight excluding hydrogens is 346 g/mol. The molecule has 0 bridgehead atoms. The fourth-order valence-corrected chi connectivity index (χ4v) is 2.96. The molecule has 9 nitrogen and oxygen atoms in total. The lowest BCUT2D eigenvalue weighted by Crippen LogP contribution is -2.24. The van der Waals surface area contributed by atoms with E-state index in [-0.39, 0.29) is 27.1 Å².